The second-order valence-electron chi connectivity index (χ2n) is 4.64. The van der Waals surface area contributed by atoms with Gasteiger partial charge < -0.3 is 15.4 Å². The van der Waals surface area contributed by atoms with Gasteiger partial charge in [0.1, 0.15) is 12.4 Å². The molecule has 1 aromatic carbocycles. The number of rotatable bonds is 3. The molecule has 2 N–H and O–H groups in total. The zero-order chi connectivity index (χ0) is 14.0. The van der Waals surface area contributed by atoms with Crippen molar-refractivity contribution in [2.45, 2.75) is 13.0 Å². The molecule has 0 spiro atoms. The Balaban J connectivity index is 2.25. The van der Waals surface area contributed by atoms with Crippen molar-refractivity contribution in [3.05, 3.63) is 34.4 Å². The van der Waals surface area contributed by atoms with Gasteiger partial charge in [-0.3, -0.25) is 4.79 Å². The zero-order valence-corrected chi connectivity index (χ0v) is 11.8. The molecule has 0 aliphatic carbocycles. The molecule has 0 saturated carbocycles. The van der Waals surface area contributed by atoms with Gasteiger partial charge in [0.25, 0.3) is 5.91 Å². The first-order valence-corrected chi connectivity index (χ1v) is 6.51. The van der Waals surface area contributed by atoms with Gasteiger partial charge in [0.05, 0.1) is 5.57 Å². The van der Waals surface area contributed by atoms with Crippen molar-refractivity contribution in [2.24, 2.45) is 5.73 Å². The van der Waals surface area contributed by atoms with Crippen molar-refractivity contribution in [3.8, 4) is 5.75 Å². The van der Waals surface area contributed by atoms with Crippen LogP contribution in [0, 0.1) is 0 Å². The smallest absolute Gasteiger partial charge is 0.253 e. The molecule has 1 aliphatic heterocycles. The molecular weight excluding hydrogens is 264 g/mol. The summed E-state index contributed by atoms with van der Waals surface area (Å²) in [5, 5.41) is 0.621. The van der Waals surface area contributed by atoms with Crippen molar-refractivity contribution < 1.29 is 9.53 Å². The summed E-state index contributed by atoms with van der Waals surface area (Å²) in [6.45, 7) is 2.61. The third kappa shape index (κ3) is 2.91. The average molecular weight is 281 g/mol. The van der Waals surface area contributed by atoms with Crippen LogP contribution in [0.15, 0.2) is 23.8 Å². The highest BCUT2D eigenvalue weighted by molar-refractivity contribution is 6.30. The van der Waals surface area contributed by atoms with E-state index in [2.05, 4.69) is 0 Å². The molecule has 0 saturated heterocycles. The monoisotopic (exact) mass is 280 g/mol. The molecule has 4 nitrogen and oxygen atoms in total. The standard InChI is InChI=1S/C14H17ClN2O2/c1-9(7-16)17(2)14(18)11-5-10-6-12(15)3-4-13(10)19-8-11/h3-6,9H,7-8,16H2,1-2H3. The number of carbonyl (C=O) groups excluding carboxylic acids is 1. The van der Waals surface area contributed by atoms with E-state index in [4.69, 9.17) is 22.1 Å². The van der Waals surface area contributed by atoms with Crippen molar-refractivity contribution in [3.63, 3.8) is 0 Å². The predicted octanol–water partition coefficient (Wildman–Crippen LogP) is 1.92. The molecule has 0 bridgehead atoms. The van der Waals surface area contributed by atoms with Crippen LogP contribution < -0.4 is 10.5 Å². The number of carbonyl (C=O) groups is 1. The van der Waals surface area contributed by atoms with Crippen molar-refractivity contribution in [1.82, 2.24) is 4.90 Å². The predicted molar refractivity (Wildman–Crippen MR) is 76.2 cm³/mol. The molecule has 1 aliphatic rings. The van der Waals surface area contributed by atoms with Gasteiger partial charge in [0.15, 0.2) is 0 Å². The highest BCUT2D eigenvalue weighted by atomic mass is 35.5. The van der Waals surface area contributed by atoms with E-state index >= 15 is 0 Å². The third-order valence-electron chi connectivity index (χ3n) is 3.28. The van der Waals surface area contributed by atoms with Gasteiger partial charge >= 0.3 is 0 Å². The summed E-state index contributed by atoms with van der Waals surface area (Å²) in [5.41, 5.74) is 7.01. The SMILES string of the molecule is CC(CN)N(C)C(=O)C1=Cc2cc(Cl)ccc2OC1. The number of amides is 1. The molecule has 1 aromatic rings. The summed E-state index contributed by atoms with van der Waals surface area (Å²) in [6.07, 6.45) is 1.83. The van der Waals surface area contributed by atoms with Gasteiger partial charge in [0.2, 0.25) is 0 Å². The van der Waals surface area contributed by atoms with Crippen LogP contribution in [0.5, 0.6) is 5.75 Å². The van der Waals surface area contributed by atoms with E-state index in [1.54, 1.807) is 24.1 Å². The molecular formula is C14H17ClN2O2. The Kier molecular flexibility index (Phi) is 4.12. The van der Waals surface area contributed by atoms with Gasteiger partial charge in [-0.05, 0) is 31.2 Å². The highest BCUT2D eigenvalue weighted by Crippen LogP contribution is 2.29. The minimum atomic E-state index is -0.0661. The minimum absolute atomic E-state index is 0.00541. The Labute approximate surface area is 117 Å². The van der Waals surface area contributed by atoms with Crippen LogP contribution in [0.2, 0.25) is 5.02 Å². The fourth-order valence-electron chi connectivity index (χ4n) is 1.86. The summed E-state index contributed by atoms with van der Waals surface area (Å²) >= 11 is 5.94. The number of nitrogens with zero attached hydrogens (tertiary/aromatic N) is 1. The van der Waals surface area contributed by atoms with E-state index in [-0.39, 0.29) is 18.6 Å². The maximum absolute atomic E-state index is 12.3. The molecule has 19 heavy (non-hydrogen) atoms. The lowest BCUT2D eigenvalue weighted by Gasteiger charge is -2.26. The normalized spacial score (nSPS) is 15.1. The molecule has 0 aromatic heterocycles. The maximum Gasteiger partial charge on any atom is 0.253 e. The first kappa shape index (κ1) is 13.9. The topological polar surface area (TPSA) is 55.6 Å². The Morgan fingerprint density at radius 2 is 2.32 bits per heavy atom. The van der Waals surface area contributed by atoms with Gasteiger partial charge in [-0.1, -0.05) is 11.6 Å². The summed E-state index contributed by atoms with van der Waals surface area (Å²) in [4.78, 5) is 13.9. The lowest BCUT2D eigenvalue weighted by molar-refractivity contribution is -0.127. The number of halogens is 1. The Bertz CT molecular complexity index is 528. The average Bonchev–Trinajstić information content (AvgIpc) is 2.43. The number of hydrogen-bond acceptors (Lipinski definition) is 3. The van der Waals surface area contributed by atoms with Crippen molar-refractivity contribution in [1.29, 1.82) is 0 Å². The molecule has 1 amide bonds. The first-order valence-electron chi connectivity index (χ1n) is 6.13. The minimum Gasteiger partial charge on any atom is -0.488 e. The lowest BCUT2D eigenvalue weighted by Crippen LogP contribution is -2.41. The van der Waals surface area contributed by atoms with Gasteiger partial charge in [0, 0.05) is 30.2 Å². The summed E-state index contributed by atoms with van der Waals surface area (Å²) in [5.74, 6) is 0.680. The number of likely N-dealkylation sites (N-methyl/N-ethyl adjacent to an activating group) is 1. The van der Waals surface area contributed by atoms with Crippen LogP contribution in [-0.4, -0.2) is 37.0 Å². The molecule has 1 heterocycles. The zero-order valence-electron chi connectivity index (χ0n) is 11.0. The van der Waals surface area contributed by atoms with Crippen LogP contribution in [0.4, 0.5) is 0 Å². The van der Waals surface area contributed by atoms with Crippen LogP contribution in [0.1, 0.15) is 12.5 Å². The fourth-order valence-corrected chi connectivity index (χ4v) is 2.04. The highest BCUT2D eigenvalue weighted by Gasteiger charge is 2.22. The second-order valence-corrected chi connectivity index (χ2v) is 5.08. The molecule has 1 unspecified atom stereocenters. The Morgan fingerprint density at radius 1 is 1.58 bits per heavy atom. The molecule has 2 rings (SSSR count). The molecule has 0 radical (unpaired) electrons. The van der Waals surface area contributed by atoms with E-state index in [1.165, 1.54) is 0 Å². The van der Waals surface area contributed by atoms with Gasteiger partial charge in [-0.2, -0.15) is 0 Å². The van der Waals surface area contributed by atoms with Crippen LogP contribution in [-0.2, 0) is 4.79 Å². The Morgan fingerprint density at radius 3 is 3.00 bits per heavy atom. The summed E-state index contributed by atoms with van der Waals surface area (Å²) in [7, 11) is 1.74. The molecule has 1 atom stereocenters. The summed E-state index contributed by atoms with van der Waals surface area (Å²) < 4.78 is 5.57. The largest absolute Gasteiger partial charge is 0.488 e. The van der Waals surface area contributed by atoms with Crippen LogP contribution >= 0.6 is 11.6 Å². The van der Waals surface area contributed by atoms with Crippen LogP contribution in [0.3, 0.4) is 0 Å². The second kappa shape index (κ2) is 5.63. The Hall–Kier alpha value is -1.52. The fraction of sp³-hybridized carbons (Fsp3) is 0.357. The number of nitrogens with two attached hydrogens (primary N) is 1. The van der Waals surface area contributed by atoms with E-state index in [0.717, 1.165) is 11.3 Å². The van der Waals surface area contributed by atoms with E-state index in [0.29, 0.717) is 17.1 Å². The first-order chi connectivity index (χ1) is 9.02. The van der Waals surface area contributed by atoms with Crippen molar-refractivity contribution >= 4 is 23.6 Å². The van der Waals surface area contributed by atoms with Crippen molar-refractivity contribution in [2.75, 3.05) is 20.2 Å². The lowest BCUT2D eigenvalue weighted by atomic mass is 10.1. The number of fused-ring (bicyclic) bond motifs is 1. The number of benzene rings is 1. The van der Waals surface area contributed by atoms with E-state index < -0.39 is 0 Å². The van der Waals surface area contributed by atoms with Gasteiger partial charge in [-0.25, -0.2) is 0 Å². The van der Waals surface area contributed by atoms with Gasteiger partial charge in [-0.15, -0.1) is 0 Å². The molecule has 0 fully saturated rings. The summed E-state index contributed by atoms with van der Waals surface area (Å²) in [6, 6.07) is 5.36. The number of hydrogen-bond donors (Lipinski definition) is 1. The van der Waals surface area contributed by atoms with E-state index in [1.807, 2.05) is 19.1 Å². The van der Waals surface area contributed by atoms with E-state index in [9.17, 15) is 4.79 Å². The molecule has 5 heteroatoms. The molecule has 102 valence electrons. The maximum atomic E-state index is 12.3. The third-order valence-corrected chi connectivity index (χ3v) is 3.52. The van der Waals surface area contributed by atoms with Crippen LogP contribution in [0.25, 0.3) is 6.08 Å². The quantitative estimate of drug-likeness (QED) is 0.920. The number of ether oxygens (including phenoxy) is 1.